The third-order valence-electron chi connectivity index (χ3n) is 2.93. The lowest BCUT2D eigenvalue weighted by Crippen LogP contribution is -2.31. The molecule has 0 aliphatic heterocycles. The van der Waals surface area contributed by atoms with Crippen LogP contribution in [-0.2, 0) is 4.65 Å². The molecule has 4 nitrogen and oxygen atoms in total. The number of hydrogen-bond acceptors (Lipinski definition) is 4. The van der Waals surface area contributed by atoms with Gasteiger partial charge < -0.3 is 19.2 Å². The lowest BCUT2D eigenvalue weighted by Gasteiger charge is -2.07. The fourth-order valence-corrected chi connectivity index (χ4v) is 1.81. The van der Waals surface area contributed by atoms with E-state index in [2.05, 4.69) is 0 Å². The number of methoxy groups -OCH3 is 2. The van der Waals surface area contributed by atoms with Crippen LogP contribution in [0.4, 0.5) is 0 Å². The summed E-state index contributed by atoms with van der Waals surface area (Å²) < 4.78 is 15.7. The van der Waals surface area contributed by atoms with E-state index in [9.17, 15) is 5.02 Å². The van der Waals surface area contributed by atoms with Gasteiger partial charge in [0.15, 0.2) is 0 Å². The van der Waals surface area contributed by atoms with Crippen molar-refractivity contribution in [1.29, 1.82) is 0 Å². The molecule has 2 rings (SSSR count). The van der Waals surface area contributed by atoms with Crippen LogP contribution in [0.25, 0.3) is 6.08 Å². The lowest BCUT2D eigenvalue weighted by molar-refractivity contribution is 0.388. The fourth-order valence-electron chi connectivity index (χ4n) is 1.81. The lowest BCUT2D eigenvalue weighted by atomic mass is 9.80. The average Bonchev–Trinajstić information content (AvgIpc) is 2.55. The Kier molecular flexibility index (Phi) is 5.29. The molecular weight excluding hydrogens is 267 g/mol. The van der Waals surface area contributed by atoms with Gasteiger partial charge in [-0.05, 0) is 29.2 Å². The molecule has 21 heavy (non-hydrogen) atoms. The van der Waals surface area contributed by atoms with E-state index < -0.39 is 7.12 Å². The Morgan fingerprint density at radius 2 is 1.57 bits per heavy atom. The van der Waals surface area contributed by atoms with Crippen molar-refractivity contribution in [1.82, 2.24) is 0 Å². The molecule has 0 bridgehead atoms. The van der Waals surface area contributed by atoms with E-state index in [1.165, 1.54) is 6.26 Å². The van der Waals surface area contributed by atoms with E-state index in [0.29, 0.717) is 17.0 Å². The zero-order chi connectivity index (χ0) is 15.1. The number of benzene rings is 2. The molecule has 0 saturated carbocycles. The van der Waals surface area contributed by atoms with E-state index in [4.69, 9.17) is 14.1 Å². The van der Waals surface area contributed by atoms with Gasteiger partial charge in [0.25, 0.3) is 0 Å². The second kappa shape index (κ2) is 7.40. The predicted octanol–water partition coefficient (Wildman–Crippen LogP) is 2.08. The standard InChI is InChI=1S/C16H17BO4/c1-19-15-10-13(11-16(12-15)20-2)8-9-21-17(18)14-6-4-3-5-7-14/h3-12,18H,1-2H3/b9-8-. The number of ether oxygens (including phenoxy) is 2. The van der Waals surface area contributed by atoms with Gasteiger partial charge in [0.1, 0.15) is 11.5 Å². The summed E-state index contributed by atoms with van der Waals surface area (Å²) in [6.45, 7) is 0. The molecule has 2 aromatic carbocycles. The molecule has 0 saturated heterocycles. The van der Waals surface area contributed by atoms with Crippen LogP contribution < -0.4 is 14.9 Å². The van der Waals surface area contributed by atoms with Gasteiger partial charge in [-0.1, -0.05) is 30.3 Å². The van der Waals surface area contributed by atoms with Gasteiger partial charge in [-0.3, -0.25) is 0 Å². The van der Waals surface area contributed by atoms with Crippen molar-refractivity contribution >= 4 is 18.7 Å². The minimum absolute atomic E-state index is 0.692. The Bertz CT molecular complexity index is 576. The number of rotatable bonds is 6. The van der Waals surface area contributed by atoms with Crippen molar-refractivity contribution in [2.45, 2.75) is 0 Å². The Balaban J connectivity index is 2.04. The molecule has 0 aromatic heterocycles. The summed E-state index contributed by atoms with van der Waals surface area (Å²) in [6.07, 6.45) is 3.18. The van der Waals surface area contributed by atoms with Crippen LogP contribution in [0, 0.1) is 0 Å². The van der Waals surface area contributed by atoms with Gasteiger partial charge >= 0.3 is 7.12 Å². The zero-order valence-corrected chi connectivity index (χ0v) is 12.0. The van der Waals surface area contributed by atoms with Crippen molar-refractivity contribution in [2.75, 3.05) is 14.2 Å². The van der Waals surface area contributed by atoms with E-state index in [1.54, 1.807) is 38.5 Å². The molecule has 0 amide bonds. The van der Waals surface area contributed by atoms with E-state index in [1.807, 2.05) is 30.3 Å². The molecule has 0 radical (unpaired) electrons. The maximum absolute atomic E-state index is 9.88. The Morgan fingerprint density at radius 1 is 0.952 bits per heavy atom. The molecule has 0 aliphatic carbocycles. The first-order chi connectivity index (χ1) is 10.2. The van der Waals surface area contributed by atoms with Crippen molar-refractivity contribution in [3.63, 3.8) is 0 Å². The molecule has 0 fully saturated rings. The number of hydrogen-bond donors (Lipinski definition) is 1. The van der Waals surface area contributed by atoms with Gasteiger partial charge in [0.05, 0.1) is 20.5 Å². The molecule has 108 valence electrons. The summed E-state index contributed by atoms with van der Waals surface area (Å²) in [5, 5.41) is 9.88. The Morgan fingerprint density at radius 3 is 2.14 bits per heavy atom. The largest absolute Gasteiger partial charge is 0.559 e. The first-order valence-electron chi connectivity index (χ1n) is 6.51. The minimum Gasteiger partial charge on any atom is -0.538 e. The normalized spacial score (nSPS) is 10.4. The Hall–Kier alpha value is -2.40. The van der Waals surface area contributed by atoms with Crippen LogP contribution in [-0.4, -0.2) is 26.4 Å². The van der Waals surface area contributed by atoms with Crippen LogP contribution in [0.5, 0.6) is 11.5 Å². The Labute approximate surface area is 124 Å². The van der Waals surface area contributed by atoms with E-state index in [0.717, 1.165) is 5.56 Å². The van der Waals surface area contributed by atoms with Crippen LogP contribution in [0.15, 0.2) is 54.8 Å². The highest BCUT2D eigenvalue weighted by atomic mass is 16.5. The van der Waals surface area contributed by atoms with Gasteiger partial charge in [0, 0.05) is 6.07 Å². The summed E-state index contributed by atoms with van der Waals surface area (Å²) >= 11 is 0. The van der Waals surface area contributed by atoms with Crippen LogP contribution in [0.2, 0.25) is 0 Å². The van der Waals surface area contributed by atoms with Crippen LogP contribution in [0.3, 0.4) is 0 Å². The van der Waals surface area contributed by atoms with Crippen LogP contribution in [0.1, 0.15) is 5.56 Å². The predicted molar refractivity (Wildman–Crippen MR) is 83.7 cm³/mol. The fraction of sp³-hybridized carbons (Fsp3) is 0.125. The molecule has 1 N–H and O–H groups in total. The first-order valence-corrected chi connectivity index (χ1v) is 6.51. The molecular formula is C16H17BO4. The molecule has 5 heteroatoms. The van der Waals surface area contributed by atoms with Gasteiger partial charge in [-0.15, -0.1) is 0 Å². The second-order valence-electron chi connectivity index (χ2n) is 4.35. The molecule has 0 unspecified atom stereocenters. The van der Waals surface area contributed by atoms with Crippen molar-refractivity contribution in [3.05, 3.63) is 60.4 Å². The summed E-state index contributed by atoms with van der Waals surface area (Å²) in [7, 11) is 2.20. The summed E-state index contributed by atoms with van der Waals surface area (Å²) in [4.78, 5) is 0. The topological polar surface area (TPSA) is 47.9 Å². The third kappa shape index (κ3) is 4.29. The molecule has 0 spiro atoms. The average molecular weight is 284 g/mol. The van der Waals surface area contributed by atoms with Crippen molar-refractivity contribution < 1.29 is 19.2 Å². The second-order valence-corrected chi connectivity index (χ2v) is 4.35. The van der Waals surface area contributed by atoms with Gasteiger partial charge in [-0.25, -0.2) is 0 Å². The van der Waals surface area contributed by atoms with Crippen molar-refractivity contribution in [2.24, 2.45) is 0 Å². The monoisotopic (exact) mass is 284 g/mol. The highest BCUT2D eigenvalue weighted by Crippen LogP contribution is 2.23. The van der Waals surface area contributed by atoms with Gasteiger partial charge in [0.2, 0.25) is 0 Å². The quantitative estimate of drug-likeness (QED) is 0.651. The smallest absolute Gasteiger partial charge is 0.538 e. The first kappa shape index (κ1) is 15.0. The maximum atomic E-state index is 9.88. The molecule has 2 aromatic rings. The highest BCUT2D eigenvalue weighted by molar-refractivity contribution is 6.60. The van der Waals surface area contributed by atoms with E-state index >= 15 is 0 Å². The molecule has 0 atom stereocenters. The molecule has 0 aliphatic rings. The zero-order valence-electron chi connectivity index (χ0n) is 12.0. The van der Waals surface area contributed by atoms with Crippen molar-refractivity contribution in [3.8, 4) is 11.5 Å². The minimum atomic E-state index is -0.991. The summed E-state index contributed by atoms with van der Waals surface area (Å²) in [6, 6.07) is 14.7. The van der Waals surface area contributed by atoms with Gasteiger partial charge in [-0.2, -0.15) is 0 Å². The van der Waals surface area contributed by atoms with E-state index in [-0.39, 0.29) is 0 Å². The molecule has 0 heterocycles. The SMILES string of the molecule is COc1cc(/C=C\OB(O)c2ccccc2)cc(OC)c1. The maximum Gasteiger partial charge on any atom is 0.559 e. The summed E-state index contributed by atoms with van der Waals surface area (Å²) in [5.41, 5.74) is 1.55. The summed E-state index contributed by atoms with van der Waals surface area (Å²) in [5.74, 6) is 1.38. The highest BCUT2D eigenvalue weighted by Gasteiger charge is 2.15. The third-order valence-corrected chi connectivity index (χ3v) is 2.93. The van der Waals surface area contributed by atoms with Crippen LogP contribution >= 0.6 is 0 Å².